The molecule has 0 aromatic carbocycles. The minimum atomic E-state index is -1.24. The van der Waals surface area contributed by atoms with E-state index in [0.717, 1.165) is 0 Å². The topological polar surface area (TPSA) is 154 Å². The van der Waals surface area contributed by atoms with E-state index in [0.29, 0.717) is 32.2 Å². The van der Waals surface area contributed by atoms with Gasteiger partial charge in [-0.25, -0.2) is 4.79 Å². The summed E-state index contributed by atoms with van der Waals surface area (Å²) >= 11 is 0. The van der Waals surface area contributed by atoms with Crippen molar-refractivity contribution in [2.75, 3.05) is 13.1 Å². The Kier molecular flexibility index (Phi) is 10.4. The average Bonchev–Trinajstić information content (AvgIpc) is 2.72. The Morgan fingerprint density at radius 2 is 1.81 bits per heavy atom. The van der Waals surface area contributed by atoms with Gasteiger partial charge in [-0.3, -0.25) is 0 Å². The number of urea groups is 1. The highest BCUT2D eigenvalue weighted by Crippen LogP contribution is 2.19. The van der Waals surface area contributed by atoms with Gasteiger partial charge in [0.05, 0.1) is 30.5 Å². The summed E-state index contributed by atoms with van der Waals surface area (Å²) < 4.78 is 0. The fraction of sp³-hybridized carbons (Fsp3) is 0.941. The van der Waals surface area contributed by atoms with Gasteiger partial charge in [-0.1, -0.05) is 6.92 Å². The van der Waals surface area contributed by atoms with E-state index in [2.05, 4.69) is 16.0 Å². The Bertz CT molecular complexity index is 414. The number of aliphatic hydroxyl groups is 5. The molecule has 0 aromatic rings. The second-order valence-corrected chi connectivity index (χ2v) is 6.97. The van der Waals surface area contributed by atoms with Crippen LogP contribution < -0.4 is 16.0 Å². The van der Waals surface area contributed by atoms with Crippen LogP contribution in [0.1, 0.15) is 46.0 Å². The van der Waals surface area contributed by atoms with Gasteiger partial charge in [-0.15, -0.1) is 0 Å². The lowest BCUT2D eigenvalue weighted by Gasteiger charge is -2.31. The van der Waals surface area contributed by atoms with Gasteiger partial charge < -0.3 is 41.5 Å². The van der Waals surface area contributed by atoms with E-state index in [1.165, 1.54) is 0 Å². The van der Waals surface area contributed by atoms with Gasteiger partial charge in [0.2, 0.25) is 0 Å². The quantitative estimate of drug-likeness (QED) is 0.226. The molecule has 154 valence electrons. The summed E-state index contributed by atoms with van der Waals surface area (Å²) in [6.07, 6.45) is -2.80. The molecule has 9 nitrogen and oxygen atoms in total. The lowest BCUT2D eigenvalue weighted by Crippen LogP contribution is -2.56. The SMILES string of the molecule is CCNC(=O)NC(CNC1CCCC(O)C(O)C1O)C(O)CC(O)CC. The van der Waals surface area contributed by atoms with Crippen LogP contribution in [0.2, 0.25) is 0 Å². The normalized spacial score (nSPS) is 30.1. The zero-order valence-corrected chi connectivity index (χ0v) is 15.6. The molecule has 9 heteroatoms. The molecule has 2 amide bonds. The Labute approximate surface area is 154 Å². The molecule has 0 aliphatic heterocycles. The molecule has 8 N–H and O–H groups in total. The molecule has 0 radical (unpaired) electrons. The van der Waals surface area contributed by atoms with Gasteiger partial charge >= 0.3 is 6.03 Å². The maximum atomic E-state index is 11.8. The second-order valence-electron chi connectivity index (χ2n) is 6.97. The summed E-state index contributed by atoms with van der Waals surface area (Å²) in [6, 6.07) is -1.58. The van der Waals surface area contributed by atoms with Crippen molar-refractivity contribution in [3.63, 3.8) is 0 Å². The van der Waals surface area contributed by atoms with Crippen LogP contribution >= 0.6 is 0 Å². The highest BCUT2D eigenvalue weighted by Gasteiger charge is 2.34. The van der Waals surface area contributed by atoms with Gasteiger partial charge in [-0.2, -0.15) is 0 Å². The lowest BCUT2D eigenvalue weighted by atomic mass is 10.00. The summed E-state index contributed by atoms with van der Waals surface area (Å²) in [4.78, 5) is 11.8. The van der Waals surface area contributed by atoms with Crippen molar-refractivity contribution in [1.82, 2.24) is 16.0 Å². The van der Waals surface area contributed by atoms with Crippen LogP contribution in [0.4, 0.5) is 4.79 Å². The molecule has 7 atom stereocenters. The Morgan fingerprint density at radius 3 is 2.42 bits per heavy atom. The van der Waals surface area contributed by atoms with E-state index in [9.17, 15) is 30.3 Å². The third kappa shape index (κ3) is 7.34. The third-order valence-electron chi connectivity index (χ3n) is 4.87. The molecular formula is C17H35N3O6. The van der Waals surface area contributed by atoms with Crippen molar-refractivity contribution in [1.29, 1.82) is 0 Å². The van der Waals surface area contributed by atoms with Crippen molar-refractivity contribution in [2.24, 2.45) is 0 Å². The molecular weight excluding hydrogens is 342 g/mol. The number of aliphatic hydroxyl groups excluding tert-OH is 5. The van der Waals surface area contributed by atoms with E-state index < -0.39 is 48.6 Å². The fourth-order valence-corrected chi connectivity index (χ4v) is 3.13. The summed E-state index contributed by atoms with van der Waals surface area (Å²) in [5, 5.41) is 58.4. The van der Waals surface area contributed by atoms with Gasteiger partial charge in [0.15, 0.2) is 0 Å². The van der Waals surface area contributed by atoms with E-state index >= 15 is 0 Å². The first-order chi connectivity index (χ1) is 12.3. The number of hydrogen-bond donors (Lipinski definition) is 8. The Balaban J connectivity index is 2.69. The van der Waals surface area contributed by atoms with Gasteiger partial charge in [0.1, 0.15) is 6.10 Å². The summed E-state index contributed by atoms with van der Waals surface area (Å²) in [5.41, 5.74) is 0. The van der Waals surface area contributed by atoms with Crippen LogP contribution in [0.15, 0.2) is 0 Å². The van der Waals surface area contributed by atoms with E-state index in [1.807, 2.05) is 0 Å². The van der Waals surface area contributed by atoms with E-state index in [4.69, 9.17) is 0 Å². The van der Waals surface area contributed by atoms with Crippen LogP contribution in [-0.4, -0.2) is 87.3 Å². The molecule has 1 aliphatic carbocycles. The number of nitrogens with one attached hydrogen (secondary N) is 3. The van der Waals surface area contributed by atoms with Crippen molar-refractivity contribution < 1.29 is 30.3 Å². The van der Waals surface area contributed by atoms with Crippen LogP contribution in [0.25, 0.3) is 0 Å². The largest absolute Gasteiger partial charge is 0.393 e. The first kappa shape index (κ1) is 23.1. The summed E-state index contributed by atoms with van der Waals surface area (Å²) in [5.74, 6) is 0. The molecule has 1 saturated carbocycles. The molecule has 0 saturated heterocycles. The van der Waals surface area contributed by atoms with Gasteiger partial charge in [0.25, 0.3) is 0 Å². The van der Waals surface area contributed by atoms with Crippen molar-refractivity contribution in [3.8, 4) is 0 Å². The van der Waals surface area contributed by atoms with E-state index in [1.54, 1.807) is 13.8 Å². The predicted molar refractivity (Wildman–Crippen MR) is 96.6 cm³/mol. The van der Waals surface area contributed by atoms with E-state index in [-0.39, 0.29) is 13.0 Å². The van der Waals surface area contributed by atoms with Crippen LogP contribution in [0, 0.1) is 0 Å². The van der Waals surface area contributed by atoms with Crippen LogP contribution in [0.5, 0.6) is 0 Å². The van der Waals surface area contributed by atoms with Crippen molar-refractivity contribution >= 4 is 6.03 Å². The lowest BCUT2D eigenvalue weighted by molar-refractivity contribution is -0.0651. The maximum absolute atomic E-state index is 11.8. The summed E-state index contributed by atoms with van der Waals surface area (Å²) in [7, 11) is 0. The second kappa shape index (κ2) is 11.7. The number of carbonyl (C=O) groups is 1. The number of carbonyl (C=O) groups excluding carboxylic acids is 1. The smallest absolute Gasteiger partial charge is 0.315 e. The minimum absolute atomic E-state index is 0.115. The highest BCUT2D eigenvalue weighted by molar-refractivity contribution is 5.74. The van der Waals surface area contributed by atoms with Crippen LogP contribution in [-0.2, 0) is 0 Å². The van der Waals surface area contributed by atoms with Crippen LogP contribution in [0.3, 0.4) is 0 Å². The molecule has 1 aliphatic rings. The molecule has 0 bridgehead atoms. The number of amides is 2. The third-order valence-corrected chi connectivity index (χ3v) is 4.87. The number of hydrogen-bond acceptors (Lipinski definition) is 7. The number of rotatable bonds is 9. The molecule has 1 fully saturated rings. The molecule has 0 heterocycles. The van der Waals surface area contributed by atoms with Gasteiger partial charge in [-0.05, 0) is 32.6 Å². The molecule has 26 heavy (non-hydrogen) atoms. The first-order valence-corrected chi connectivity index (χ1v) is 9.48. The first-order valence-electron chi connectivity index (χ1n) is 9.48. The molecule has 0 aromatic heterocycles. The van der Waals surface area contributed by atoms with Crippen molar-refractivity contribution in [3.05, 3.63) is 0 Å². The zero-order valence-electron chi connectivity index (χ0n) is 15.6. The predicted octanol–water partition coefficient (Wildman–Crippen LogP) is -1.58. The summed E-state index contributed by atoms with van der Waals surface area (Å²) in [6.45, 7) is 4.17. The minimum Gasteiger partial charge on any atom is -0.393 e. The monoisotopic (exact) mass is 377 g/mol. The molecule has 0 spiro atoms. The molecule has 1 rings (SSSR count). The average molecular weight is 377 g/mol. The maximum Gasteiger partial charge on any atom is 0.315 e. The molecule has 7 unspecified atom stereocenters. The zero-order chi connectivity index (χ0) is 19.7. The standard InChI is InChI=1S/C17H35N3O6/c1-3-10(21)8-14(23)12(20-17(26)18-4-2)9-19-11-6-5-7-13(22)16(25)15(11)24/h10-16,19,21-25H,3-9H2,1-2H3,(H2,18,20,26). The van der Waals surface area contributed by atoms with Crippen molar-refractivity contribution in [2.45, 2.75) is 88.6 Å². The highest BCUT2D eigenvalue weighted by atomic mass is 16.4. The van der Waals surface area contributed by atoms with Gasteiger partial charge in [0, 0.05) is 25.6 Å². The Morgan fingerprint density at radius 1 is 1.12 bits per heavy atom. The Hall–Kier alpha value is -0.970. The fourth-order valence-electron chi connectivity index (χ4n) is 3.13.